The quantitative estimate of drug-likeness (QED) is 0.848. The first-order valence-electron chi connectivity index (χ1n) is 5.40. The lowest BCUT2D eigenvalue weighted by atomic mass is 10.4. The van der Waals surface area contributed by atoms with Gasteiger partial charge in [0.15, 0.2) is 5.82 Å². The number of rotatable bonds is 2. The summed E-state index contributed by atoms with van der Waals surface area (Å²) in [7, 11) is 0. The molecule has 0 aliphatic carbocycles. The predicted molar refractivity (Wildman–Crippen MR) is 74.9 cm³/mol. The number of thiophene rings is 1. The molecule has 3 heterocycles. The Bertz CT molecular complexity index is 580. The molecular weight excluding hydrogens is 286 g/mol. The van der Waals surface area contributed by atoms with Crippen LogP contribution in [0.2, 0.25) is 0 Å². The largest absolute Gasteiger partial charge is 0.333 e. The molecule has 2 aromatic heterocycles. The third kappa shape index (κ3) is 2.41. The average Bonchev–Trinajstić information content (AvgIpc) is 3.08. The van der Waals surface area contributed by atoms with Crippen molar-refractivity contribution < 1.29 is 4.52 Å². The zero-order valence-corrected chi connectivity index (χ0v) is 11.8. The fourth-order valence-corrected chi connectivity index (χ4v) is 4.93. The summed E-state index contributed by atoms with van der Waals surface area (Å²) < 4.78 is 5.28. The van der Waals surface area contributed by atoms with Gasteiger partial charge >= 0.3 is 0 Å². The molecule has 0 radical (unpaired) electrons. The fraction of sp³-hybridized carbons (Fsp3) is 0.364. The highest BCUT2D eigenvalue weighted by molar-refractivity contribution is 8.06. The van der Waals surface area contributed by atoms with E-state index in [-0.39, 0.29) is 0 Å². The lowest BCUT2D eigenvalue weighted by molar-refractivity contribution is 0.424. The zero-order chi connectivity index (χ0) is 12.4. The minimum atomic E-state index is 0.330. The maximum Gasteiger partial charge on any atom is 0.268 e. The van der Waals surface area contributed by atoms with Gasteiger partial charge in [0.25, 0.3) is 5.89 Å². The molecule has 0 aromatic carbocycles. The summed E-state index contributed by atoms with van der Waals surface area (Å²) in [5.41, 5.74) is 0. The van der Waals surface area contributed by atoms with Crippen LogP contribution < -0.4 is 0 Å². The molecule has 7 heteroatoms. The summed E-state index contributed by atoms with van der Waals surface area (Å²) in [6.07, 6.45) is 0. The van der Waals surface area contributed by atoms with Gasteiger partial charge in [-0.3, -0.25) is 0 Å². The molecule has 2 aromatic rings. The number of hydrogen-bond acceptors (Lipinski definition) is 7. The van der Waals surface area contributed by atoms with Gasteiger partial charge < -0.3 is 4.52 Å². The molecule has 92 valence electrons. The Morgan fingerprint density at radius 3 is 3.06 bits per heavy atom. The van der Waals surface area contributed by atoms with E-state index in [2.05, 4.69) is 16.2 Å². The Hall–Kier alpha value is -0.970. The molecule has 0 spiro atoms. The van der Waals surface area contributed by atoms with E-state index in [0.29, 0.717) is 16.0 Å². The molecule has 0 amide bonds. The number of hydrogen-bond donors (Lipinski definition) is 0. The molecule has 18 heavy (non-hydrogen) atoms. The second-order valence-electron chi connectivity index (χ2n) is 3.67. The Kier molecular flexibility index (Phi) is 3.59. The highest BCUT2D eigenvalue weighted by atomic mass is 32.2. The molecule has 1 saturated heterocycles. The maximum atomic E-state index is 8.79. The zero-order valence-electron chi connectivity index (χ0n) is 9.33. The predicted octanol–water partition coefficient (Wildman–Crippen LogP) is 3.19. The number of nitrogens with zero attached hydrogens (tertiary/aromatic N) is 3. The van der Waals surface area contributed by atoms with E-state index in [0.717, 1.165) is 22.2 Å². The van der Waals surface area contributed by atoms with E-state index in [9.17, 15) is 0 Å². The van der Waals surface area contributed by atoms with Crippen LogP contribution in [0, 0.1) is 11.3 Å². The summed E-state index contributed by atoms with van der Waals surface area (Å²) >= 11 is 5.18. The van der Waals surface area contributed by atoms with E-state index in [4.69, 9.17) is 9.78 Å². The minimum absolute atomic E-state index is 0.330. The van der Waals surface area contributed by atoms with Crippen LogP contribution in [0.1, 0.15) is 16.0 Å². The standard InChI is InChI=1S/C11H9N3OS3/c12-5-7-1-2-8(18-7)11-13-10(14-15-11)9-6-16-3-4-17-9/h1-2,9H,3-4,6H2. The Balaban J connectivity index is 1.82. The highest BCUT2D eigenvalue weighted by Gasteiger charge is 2.22. The van der Waals surface area contributed by atoms with Crippen molar-refractivity contribution in [2.24, 2.45) is 0 Å². The summed E-state index contributed by atoms with van der Waals surface area (Å²) in [5, 5.41) is 13.2. The van der Waals surface area contributed by atoms with Crippen molar-refractivity contribution in [2.45, 2.75) is 5.25 Å². The Morgan fingerprint density at radius 2 is 2.33 bits per heavy atom. The van der Waals surface area contributed by atoms with Crippen LogP contribution >= 0.6 is 34.9 Å². The molecule has 0 N–H and O–H groups in total. The van der Waals surface area contributed by atoms with Gasteiger partial charge in [-0.15, -0.1) is 23.1 Å². The van der Waals surface area contributed by atoms with Crippen LogP contribution in [0.3, 0.4) is 0 Å². The second-order valence-corrected chi connectivity index (χ2v) is 7.21. The Morgan fingerprint density at radius 1 is 1.39 bits per heavy atom. The lowest BCUT2D eigenvalue weighted by Gasteiger charge is -2.16. The van der Waals surface area contributed by atoms with Crippen LogP contribution in [0.4, 0.5) is 0 Å². The van der Waals surface area contributed by atoms with E-state index in [1.54, 1.807) is 6.07 Å². The maximum absolute atomic E-state index is 8.79. The van der Waals surface area contributed by atoms with Crippen molar-refractivity contribution in [2.75, 3.05) is 17.3 Å². The number of aromatic nitrogens is 2. The van der Waals surface area contributed by atoms with Gasteiger partial charge in [-0.05, 0) is 12.1 Å². The molecule has 1 aliphatic rings. The molecule has 1 unspecified atom stereocenters. The molecule has 0 saturated carbocycles. The molecule has 1 atom stereocenters. The van der Waals surface area contributed by atoms with Crippen molar-refractivity contribution in [1.82, 2.24) is 10.1 Å². The van der Waals surface area contributed by atoms with Crippen molar-refractivity contribution >= 4 is 34.9 Å². The smallest absolute Gasteiger partial charge is 0.268 e. The fourth-order valence-electron chi connectivity index (χ4n) is 1.62. The summed E-state index contributed by atoms with van der Waals surface area (Å²) in [6, 6.07) is 5.73. The van der Waals surface area contributed by atoms with Crippen LogP contribution in [-0.4, -0.2) is 27.4 Å². The van der Waals surface area contributed by atoms with Crippen LogP contribution in [-0.2, 0) is 0 Å². The monoisotopic (exact) mass is 295 g/mol. The van der Waals surface area contributed by atoms with Crippen molar-refractivity contribution in [1.29, 1.82) is 5.26 Å². The van der Waals surface area contributed by atoms with E-state index >= 15 is 0 Å². The normalized spacial score (nSPS) is 19.6. The third-order valence-electron chi connectivity index (χ3n) is 2.47. The van der Waals surface area contributed by atoms with Crippen LogP contribution in [0.25, 0.3) is 10.8 Å². The molecule has 1 fully saturated rings. The van der Waals surface area contributed by atoms with Crippen molar-refractivity contribution in [3.63, 3.8) is 0 Å². The van der Waals surface area contributed by atoms with E-state index in [1.165, 1.54) is 17.1 Å². The van der Waals surface area contributed by atoms with Crippen molar-refractivity contribution in [3.8, 4) is 16.8 Å². The average molecular weight is 295 g/mol. The van der Waals surface area contributed by atoms with Gasteiger partial charge in [-0.1, -0.05) is 5.16 Å². The number of thioether (sulfide) groups is 2. The first-order chi connectivity index (χ1) is 8.86. The SMILES string of the molecule is N#Cc1ccc(-c2nc(C3CSCCS3)no2)s1. The molecule has 0 bridgehead atoms. The first-order valence-corrected chi connectivity index (χ1v) is 8.42. The molecule has 3 rings (SSSR count). The van der Waals surface area contributed by atoms with Crippen LogP contribution in [0.5, 0.6) is 0 Å². The summed E-state index contributed by atoms with van der Waals surface area (Å²) in [6.45, 7) is 0. The first kappa shape index (κ1) is 12.1. The molecular formula is C11H9N3OS3. The van der Waals surface area contributed by atoms with Gasteiger partial charge in [0.1, 0.15) is 10.9 Å². The topological polar surface area (TPSA) is 62.7 Å². The molecule has 1 aliphatic heterocycles. The van der Waals surface area contributed by atoms with Gasteiger partial charge in [0.05, 0.1) is 10.1 Å². The minimum Gasteiger partial charge on any atom is -0.333 e. The van der Waals surface area contributed by atoms with Crippen molar-refractivity contribution in [3.05, 3.63) is 22.8 Å². The third-order valence-corrected chi connectivity index (χ3v) is 6.20. The van der Waals surface area contributed by atoms with E-state index in [1.807, 2.05) is 29.6 Å². The van der Waals surface area contributed by atoms with E-state index < -0.39 is 0 Å². The molecule has 4 nitrogen and oxygen atoms in total. The number of nitriles is 1. The highest BCUT2D eigenvalue weighted by Crippen LogP contribution is 2.36. The van der Waals surface area contributed by atoms with Gasteiger partial charge in [0, 0.05) is 17.3 Å². The Labute approximate surface area is 117 Å². The summed E-state index contributed by atoms with van der Waals surface area (Å²) in [4.78, 5) is 5.96. The second kappa shape index (κ2) is 5.34. The summed E-state index contributed by atoms with van der Waals surface area (Å²) in [5.74, 6) is 4.66. The van der Waals surface area contributed by atoms with Gasteiger partial charge in [-0.25, -0.2) is 0 Å². The van der Waals surface area contributed by atoms with Gasteiger partial charge in [0.2, 0.25) is 0 Å². The lowest BCUT2D eigenvalue weighted by Crippen LogP contribution is -2.07. The van der Waals surface area contributed by atoms with Gasteiger partial charge in [-0.2, -0.15) is 22.0 Å². The van der Waals surface area contributed by atoms with Crippen LogP contribution in [0.15, 0.2) is 16.7 Å².